The molecule has 4 nitrogen and oxygen atoms in total. The zero-order valence-corrected chi connectivity index (χ0v) is 14.4. The topological polar surface area (TPSA) is 54.0 Å². The van der Waals surface area contributed by atoms with Crippen molar-refractivity contribution in [3.05, 3.63) is 58.9 Å². The molecule has 0 atom stereocenters. The van der Waals surface area contributed by atoms with Crippen molar-refractivity contribution in [2.24, 2.45) is 0 Å². The lowest BCUT2D eigenvalue weighted by Crippen LogP contribution is -2.24. The minimum atomic E-state index is -0.172. The molecule has 126 valence electrons. The van der Waals surface area contributed by atoms with Crippen LogP contribution in [0.25, 0.3) is 0 Å². The van der Waals surface area contributed by atoms with Crippen molar-refractivity contribution in [1.82, 2.24) is 10.3 Å². The van der Waals surface area contributed by atoms with Crippen LogP contribution in [-0.4, -0.2) is 16.9 Å². The van der Waals surface area contributed by atoms with E-state index in [0.717, 1.165) is 11.3 Å². The maximum atomic E-state index is 12.2. The molecule has 1 aliphatic rings. The molecule has 2 N–H and O–H groups in total. The Bertz CT molecular complexity index is 664. The minimum absolute atomic E-state index is 0.172. The normalized spacial score (nSPS) is 15.0. The first-order chi connectivity index (χ1) is 11.7. The van der Waals surface area contributed by atoms with Crippen molar-refractivity contribution in [3.63, 3.8) is 0 Å². The average molecular weight is 344 g/mol. The standard InChI is InChI=1S/C19H22ClN3O/c20-15-8-6-14(7-9-15)12-22-19(24)18-11-10-17(13-21-18)23-16-4-2-1-3-5-16/h6-11,13,16,23H,1-5,12H2,(H,22,24). The Morgan fingerprint density at radius 2 is 1.83 bits per heavy atom. The number of benzene rings is 1. The van der Waals surface area contributed by atoms with Gasteiger partial charge < -0.3 is 10.6 Å². The molecule has 5 heteroatoms. The van der Waals surface area contributed by atoms with Crippen LogP contribution in [0.1, 0.15) is 48.2 Å². The van der Waals surface area contributed by atoms with Crippen LogP contribution in [0.15, 0.2) is 42.6 Å². The summed E-state index contributed by atoms with van der Waals surface area (Å²) in [6.45, 7) is 0.458. The number of hydrogen-bond acceptors (Lipinski definition) is 3. The maximum absolute atomic E-state index is 12.2. The maximum Gasteiger partial charge on any atom is 0.270 e. The molecule has 0 radical (unpaired) electrons. The predicted molar refractivity (Wildman–Crippen MR) is 97.4 cm³/mol. The van der Waals surface area contributed by atoms with Crippen molar-refractivity contribution in [2.45, 2.75) is 44.7 Å². The number of aromatic nitrogens is 1. The Morgan fingerprint density at radius 3 is 2.50 bits per heavy atom. The Morgan fingerprint density at radius 1 is 1.08 bits per heavy atom. The van der Waals surface area contributed by atoms with E-state index in [9.17, 15) is 4.79 Å². The molecule has 0 bridgehead atoms. The number of hydrogen-bond donors (Lipinski definition) is 2. The summed E-state index contributed by atoms with van der Waals surface area (Å²) in [5.41, 5.74) is 2.41. The number of nitrogens with zero attached hydrogens (tertiary/aromatic N) is 1. The lowest BCUT2D eigenvalue weighted by Gasteiger charge is -2.23. The summed E-state index contributed by atoms with van der Waals surface area (Å²) in [5.74, 6) is -0.172. The van der Waals surface area contributed by atoms with Gasteiger partial charge in [0.2, 0.25) is 0 Å². The first kappa shape index (κ1) is 16.8. The monoisotopic (exact) mass is 343 g/mol. The molecule has 1 amide bonds. The second kappa shape index (κ2) is 8.15. The number of amides is 1. The molecule has 24 heavy (non-hydrogen) atoms. The lowest BCUT2D eigenvalue weighted by atomic mass is 9.95. The number of carbonyl (C=O) groups is 1. The zero-order chi connectivity index (χ0) is 16.8. The molecule has 1 fully saturated rings. The van der Waals surface area contributed by atoms with Gasteiger partial charge >= 0.3 is 0 Å². The predicted octanol–water partition coefficient (Wildman–Crippen LogP) is 4.41. The first-order valence-electron chi connectivity index (χ1n) is 8.46. The van der Waals surface area contributed by atoms with Crippen molar-refractivity contribution >= 4 is 23.2 Å². The van der Waals surface area contributed by atoms with Crippen molar-refractivity contribution in [3.8, 4) is 0 Å². The van der Waals surface area contributed by atoms with Crippen LogP contribution in [-0.2, 0) is 6.54 Å². The van der Waals surface area contributed by atoms with E-state index in [4.69, 9.17) is 11.6 Å². The molecule has 1 aromatic carbocycles. The molecule has 1 saturated carbocycles. The molecule has 0 unspecified atom stereocenters. The van der Waals surface area contributed by atoms with E-state index in [1.165, 1.54) is 32.1 Å². The Balaban J connectivity index is 1.52. The molecule has 2 aromatic rings. The number of halogens is 1. The highest BCUT2D eigenvalue weighted by Gasteiger charge is 2.13. The van der Waals surface area contributed by atoms with E-state index in [0.29, 0.717) is 23.3 Å². The number of pyridine rings is 1. The summed E-state index contributed by atoms with van der Waals surface area (Å²) in [7, 11) is 0. The largest absolute Gasteiger partial charge is 0.381 e. The summed E-state index contributed by atoms with van der Waals surface area (Å²) >= 11 is 5.85. The van der Waals surface area contributed by atoms with E-state index in [1.54, 1.807) is 12.3 Å². The molecular formula is C19H22ClN3O. The molecule has 1 aromatic heterocycles. The molecule has 0 spiro atoms. The van der Waals surface area contributed by atoms with Crippen LogP contribution in [0.3, 0.4) is 0 Å². The van der Waals surface area contributed by atoms with Gasteiger partial charge in [-0.2, -0.15) is 0 Å². The van der Waals surface area contributed by atoms with Crippen LogP contribution >= 0.6 is 11.6 Å². The quantitative estimate of drug-likeness (QED) is 0.845. The van der Waals surface area contributed by atoms with Gasteiger partial charge in [0.15, 0.2) is 0 Å². The Hall–Kier alpha value is -2.07. The highest BCUT2D eigenvalue weighted by atomic mass is 35.5. The highest BCUT2D eigenvalue weighted by Crippen LogP contribution is 2.21. The zero-order valence-electron chi connectivity index (χ0n) is 13.6. The van der Waals surface area contributed by atoms with Crippen molar-refractivity contribution in [1.29, 1.82) is 0 Å². The van der Waals surface area contributed by atoms with E-state index >= 15 is 0 Å². The second-order valence-electron chi connectivity index (χ2n) is 6.22. The molecule has 3 rings (SSSR count). The van der Waals surface area contributed by atoms with Crippen LogP contribution in [0.2, 0.25) is 5.02 Å². The number of carbonyl (C=O) groups excluding carboxylic acids is 1. The second-order valence-corrected chi connectivity index (χ2v) is 6.66. The van der Waals surface area contributed by atoms with Gasteiger partial charge in [0.25, 0.3) is 5.91 Å². The van der Waals surface area contributed by atoms with E-state index in [1.807, 2.05) is 30.3 Å². The summed E-state index contributed by atoms with van der Waals surface area (Å²) in [6, 6.07) is 11.6. The summed E-state index contributed by atoms with van der Waals surface area (Å²) in [4.78, 5) is 16.4. The van der Waals surface area contributed by atoms with Crippen LogP contribution in [0, 0.1) is 0 Å². The number of anilines is 1. The number of nitrogens with one attached hydrogen (secondary N) is 2. The average Bonchev–Trinajstić information content (AvgIpc) is 2.62. The van der Waals surface area contributed by atoms with Crippen molar-refractivity contribution in [2.75, 3.05) is 5.32 Å². The molecular weight excluding hydrogens is 322 g/mol. The van der Waals surface area contributed by atoms with Gasteiger partial charge in [0.1, 0.15) is 5.69 Å². The fraction of sp³-hybridized carbons (Fsp3) is 0.368. The van der Waals surface area contributed by atoms with Gasteiger partial charge in [-0.25, -0.2) is 4.98 Å². The molecule has 0 saturated heterocycles. The first-order valence-corrected chi connectivity index (χ1v) is 8.84. The van der Waals surface area contributed by atoms with Crippen molar-refractivity contribution < 1.29 is 4.79 Å². The summed E-state index contributed by atoms with van der Waals surface area (Å²) < 4.78 is 0. The molecule has 1 aliphatic carbocycles. The van der Waals surface area contributed by atoms with Gasteiger partial charge in [-0.15, -0.1) is 0 Å². The fourth-order valence-corrected chi connectivity index (χ4v) is 3.10. The van der Waals surface area contributed by atoms with E-state index < -0.39 is 0 Å². The SMILES string of the molecule is O=C(NCc1ccc(Cl)cc1)c1ccc(NC2CCCCC2)cn1. The summed E-state index contributed by atoms with van der Waals surface area (Å²) in [6.07, 6.45) is 8.08. The summed E-state index contributed by atoms with van der Waals surface area (Å²) in [5, 5.41) is 7.06. The number of rotatable bonds is 5. The van der Waals surface area contributed by atoms with Gasteiger partial charge in [-0.1, -0.05) is 43.0 Å². The van der Waals surface area contributed by atoms with Gasteiger partial charge in [0.05, 0.1) is 11.9 Å². The van der Waals surface area contributed by atoms with Gasteiger partial charge in [-0.05, 0) is 42.7 Å². The molecule has 0 aliphatic heterocycles. The highest BCUT2D eigenvalue weighted by molar-refractivity contribution is 6.30. The van der Waals surface area contributed by atoms with E-state index in [2.05, 4.69) is 15.6 Å². The van der Waals surface area contributed by atoms with Crippen LogP contribution < -0.4 is 10.6 Å². The third kappa shape index (κ3) is 4.71. The third-order valence-corrected chi connectivity index (χ3v) is 4.59. The van der Waals surface area contributed by atoms with E-state index in [-0.39, 0.29) is 5.91 Å². The van der Waals surface area contributed by atoms with Crippen LogP contribution in [0.5, 0.6) is 0 Å². The van der Waals surface area contributed by atoms with Gasteiger partial charge in [-0.3, -0.25) is 4.79 Å². The minimum Gasteiger partial charge on any atom is -0.381 e. The van der Waals surface area contributed by atoms with Crippen LogP contribution in [0.4, 0.5) is 5.69 Å². The Kier molecular flexibility index (Phi) is 5.70. The lowest BCUT2D eigenvalue weighted by molar-refractivity contribution is 0.0946. The molecule has 1 heterocycles. The smallest absolute Gasteiger partial charge is 0.270 e. The fourth-order valence-electron chi connectivity index (χ4n) is 2.97. The Labute approximate surface area is 147 Å². The third-order valence-electron chi connectivity index (χ3n) is 4.34. The van der Waals surface area contributed by atoms with Gasteiger partial charge in [0, 0.05) is 17.6 Å².